The molecule has 1 heterocycles. The minimum Gasteiger partial charge on any atom is -0.508 e. The summed E-state index contributed by atoms with van der Waals surface area (Å²) in [5.74, 6) is 0.730. The first kappa shape index (κ1) is 18.9. The summed E-state index contributed by atoms with van der Waals surface area (Å²) in [7, 11) is 0. The predicted octanol–water partition coefficient (Wildman–Crippen LogP) is 4.06. The predicted molar refractivity (Wildman–Crippen MR) is 109 cm³/mol. The summed E-state index contributed by atoms with van der Waals surface area (Å²) >= 11 is 0. The van der Waals surface area contributed by atoms with Crippen LogP contribution in [0.2, 0.25) is 0 Å². The first-order chi connectivity index (χ1) is 14.6. The molecule has 146 valence electrons. The summed E-state index contributed by atoms with van der Waals surface area (Å²) < 4.78 is 11.4. The first-order valence-corrected chi connectivity index (χ1v) is 9.22. The molecule has 0 unspecified atom stereocenters. The molecule has 0 saturated carbocycles. The van der Waals surface area contributed by atoms with Crippen molar-refractivity contribution in [2.45, 2.75) is 12.5 Å². The number of allylic oxidation sites excluding steroid dienone is 1. The van der Waals surface area contributed by atoms with Crippen molar-refractivity contribution in [2.75, 3.05) is 0 Å². The lowest BCUT2D eigenvalue weighted by Gasteiger charge is -2.26. The van der Waals surface area contributed by atoms with Crippen molar-refractivity contribution in [1.82, 2.24) is 0 Å². The van der Waals surface area contributed by atoms with E-state index in [2.05, 4.69) is 12.1 Å². The second-order valence-corrected chi connectivity index (χ2v) is 6.77. The zero-order chi connectivity index (χ0) is 21.1. The van der Waals surface area contributed by atoms with Gasteiger partial charge in [0.1, 0.15) is 35.5 Å². The van der Waals surface area contributed by atoms with Crippen LogP contribution in [-0.4, -0.2) is 5.11 Å². The van der Waals surface area contributed by atoms with Gasteiger partial charge in [-0.15, -0.1) is 0 Å². The van der Waals surface area contributed by atoms with Gasteiger partial charge in [0.25, 0.3) is 0 Å². The van der Waals surface area contributed by atoms with Gasteiger partial charge in [0.2, 0.25) is 5.88 Å². The van der Waals surface area contributed by atoms with Crippen LogP contribution in [0.15, 0.2) is 78.2 Å². The Hall–Kier alpha value is -4.42. The van der Waals surface area contributed by atoms with Gasteiger partial charge in [-0.25, -0.2) is 0 Å². The number of phenols is 1. The fourth-order valence-corrected chi connectivity index (χ4v) is 3.46. The third-order valence-electron chi connectivity index (χ3n) is 4.95. The number of hydrogen-bond acceptors (Lipinski definition) is 6. The lowest BCUT2D eigenvalue weighted by molar-refractivity contribution is 0.306. The van der Waals surface area contributed by atoms with Crippen LogP contribution in [0.3, 0.4) is 0 Å². The van der Waals surface area contributed by atoms with E-state index in [1.54, 1.807) is 18.2 Å². The van der Waals surface area contributed by atoms with Crippen molar-refractivity contribution in [1.29, 1.82) is 10.5 Å². The Morgan fingerprint density at radius 1 is 1.00 bits per heavy atom. The molecule has 0 aromatic heterocycles. The molecule has 0 aliphatic carbocycles. The summed E-state index contributed by atoms with van der Waals surface area (Å²) in [6.07, 6.45) is 0. The van der Waals surface area contributed by atoms with E-state index in [0.29, 0.717) is 22.6 Å². The number of phenolic OH excluding ortho intramolecular Hbond substituents is 1. The number of rotatable bonds is 4. The van der Waals surface area contributed by atoms with E-state index in [4.69, 9.17) is 15.2 Å². The Bertz CT molecular complexity index is 1220. The molecular weight excluding hydrogens is 378 g/mol. The molecule has 1 aliphatic heterocycles. The average Bonchev–Trinajstić information content (AvgIpc) is 2.77. The van der Waals surface area contributed by atoms with Crippen LogP contribution in [0.5, 0.6) is 17.2 Å². The molecule has 30 heavy (non-hydrogen) atoms. The quantitative estimate of drug-likeness (QED) is 0.689. The molecule has 0 bridgehead atoms. The van der Waals surface area contributed by atoms with Gasteiger partial charge in [0.05, 0.1) is 17.6 Å². The van der Waals surface area contributed by atoms with Crippen molar-refractivity contribution in [2.24, 2.45) is 5.73 Å². The number of fused-ring (bicyclic) bond motifs is 1. The van der Waals surface area contributed by atoms with Crippen LogP contribution < -0.4 is 15.2 Å². The SMILES string of the molecule is N#CC1=C(N)Oc2cc(O)ccc2[C@H]1c1ccc(OCc2ccccc2C#N)cc1. The number of nitrogens with zero attached hydrogens (tertiary/aromatic N) is 2. The number of nitriles is 2. The Morgan fingerprint density at radius 3 is 2.50 bits per heavy atom. The summed E-state index contributed by atoms with van der Waals surface area (Å²) in [5, 5.41) is 28.6. The van der Waals surface area contributed by atoms with Gasteiger partial charge in [-0.3, -0.25) is 0 Å². The van der Waals surface area contributed by atoms with Gasteiger partial charge >= 0.3 is 0 Å². The molecule has 4 rings (SSSR count). The lowest BCUT2D eigenvalue weighted by atomic mass is 9.83. The minimum atomic E-state index is -0.410. The van der Waals surface area contributed by atoms with Crippen molar-refractivity contribution < 1.29 is 14.6 Å². The van der Waals surface area contributed by atoms with Crippen LogP contribution >= 0.6 is 0 Å². The largest absolute Gasteiger partial charge is 0.508 e. The third kappa shape index (κ3) is 3.50. The topological polar surface area (TPSA) is 112 Å². The van der Waals surface area contributed by atoms with Crippen LogP contribution in [0.1, 0.15) is 28.2 Å². The summed E-state index contributed by atoms with van der Waals surface area (Å²) in [6, 6.07) is 23.7. The summed E-state index contributed by atoms with van der Waals surface area (Å²) in [6.45, 7) is 0.277. The van der Waals surface area contributed by atoms with E-state index in [0.717, 1.165) is 16.7 Å². The van der Waals surface area contributed by atoms with Gasteiger partial charge in [0, 0.05) is 17.2 Å². The fourth-order valence-electron chi connectivity index (χ4n) is 3.46. The zero-order valence-corrected chi connectivity index (χ0v) is 15.9. The number of ether oxygens (including phenoxy) is 2. The van der Waals surface area contributed by atoms with E-state index in [9.17, 15) is 15.6 Å². The Morgan fingerprint density at radius 2 is 1.77 bits per heavy atom. The first-order valence-electron chi connectivity index (χ1n) is 9.22. The summed E-state index contributed by atoms with van der Waals surface area (Å²) in [4.78, 5) is 0. The van der Waals surface area contributed by atoms with Gasteiger partial charge < -0.3 is 20.3 Å². The van der Waals surface area contributed by atoms with Gasteiger partial charge in [0.15, 0.2) is 0 Å². The number of aromatic hydroxyl groups is 1. The monoisotopic (exact) mass is 395 g/mol. The Kier molecular flexibility index (Phi) is 4.99. The van der Waals surface area contributed by atoms with E-state index in [1.165, 1.54) is 6.07 Å². The van der Waals surface area contributed by atoms with Gasteiger partial charge in [-0.2, -0.15) is 10.5 Å². The van der Waals surface area contributed by atoms with E-state index in [1.807, 2.05) is 42.5 Å². The second-order valence-electron chi connectivity index (χ2n) is 6.77. The van der Waals surface area contributed by atoms with Crippen molar-refractivity contribution in [3.63, 3.8) is 0 Å². The van der Waals surface area contributed by atoms with Gasteiger partial charge in [-0.1, -0.05) is 36.4 Å². The summed E-state index contributed by atoms with van der Waals surface area (Å²) in [5.41, 5.74) is 9.24. The molecule has 0 amide bonds. The number of benzene rings is 3. The molecule has 1 aliphatic rings. The Labute approximate surface area is 173 Å². The van der Waals surface area contributed by atoms with Crippen molar-refractivity contribution >= 4 is 0 Å². The molecule has 0 spiro atoms. The maximum Gasteiger partial charge on any atom is 0.205 e. The minimum absolute atomic E-state index is 0.0223. The highest BCUT2D eigenvalue weighted by molar-refractivity contribution is 5.57. The maximum atomic E-state index is 9.74. The van der Waals surface area contributed by atoms with Crippen LogP contribution in [-0.2, 0) is 6.61 Å². The standard InChI is InChI=1S/C24H17N3O3/c25-12-16-3-1-2-4-17(16)14-29-19-8-5-15(6-9-19)23-20-10-7-18(28)11-22(20)30-24(27)21(23)13-26/h1-11,23,28H,14,27H2/t23-/m1/s1. The normalized spacial score (nSPS) is 14.8. The third-order valence-corrected chi connectivity index (χ3v) is 4.95. The van der Waals surface area contributed by atoms with Crippen molar-refractivity contribution in [3.8, 4) is 29.4 Å². The fraction of sp³-hybridized carbons (Fsp3) is 0.0833. The molecule has 3 N–H and O–H groups in total. The highest BCUT2D eigenvalue weighted by Gasteiger charge is 2.30. The molecular formula is C24H17N3O3. The second kappa shape index (κ2) is 7.90. The van der Waals surface area contributed by atoms with Gasteiger partial charge in [-0.05, 0) is 29.8 Å². The van der Waals surface area contributed by atoms with Crippen molar-refractivity contribution in [3.05, 3.63) is 100 Å². The molecule has 1 atom stereocenters. The van der Waals surface area contributed by atoms with E-state index < -0.39 is 5.92 Å². The number of hydrogen-bond donors (Lipinski definition) is 2. The maximum absolute atomic E-state index is 9.74. The molecule has 0 fully saturated rings. The van der Waals surface area contributed by atoms with E-state index in [-0.39, 0.29) is 18.2 Å². The highest BCUT2D eigenvalue weighted by atomic mass is 16.5. The molecule has 0 saturated heterocycles. The van der Waals surface area contributed by atoms with Crippen LogP contribution in [0.4, 0.5) is 0 Å². The molecule has 6 nitrogen and oxygen atoms in total. The average molecular weight is 395 g/mol. The molecule has 6 heteroatoms. The smallest absolute Gasteiger partial charge is 0.205 e. The Balaban J connectivity index is 1.61. The highest BCUT2D eigenvalue weighted by Crippen LogP contribution is 2.43. The molecule has 3 aromatic carbocycles. The van der Waals surface area contributed by atoms with Crippen LogP contribution in [0, 0.1) is 22.7 Å². The number of nitrogens with two attached hydrogens (primary N) is 1. The lowest BCUT2D eigenvalue weighted by Crippen LogP contribution is -2.20. The zero-order valence-electron chi connectivity index (χ0n) is 15.9. The van der Waals surface area contributed by atoms with Crippen LogP contribution in [0.25, 0.3) is 0 Å². The van der Waals surface area contributed by atoms with E-state index >= 15 is 0 Å². The molecule has 3 aromatic rings. The molecule has 0 radical (unpaired) electrons.